The van der Waals surface area contributed by atoms with Crippen molar-refractivity contribution in [1.82, 2.24) is 4.90 Å². The van der Waals surface area contributed by atoms with Gasteiger partial charge in [0.25, 0.3) is 0 Å². The smallest absolute Gasteiger partial charge is 0.168 e. The molecule has 0 N–H and O–H groups in total. The van der Waals surface area contributed by atoms with Crippen LogP contribution in [0.15, 0.2) is 23.1 Å². The number of rotatable bonds is 10. The monoisotopic (exact) mass is 337 g/mol. The molecule has 0 bridgehead atoms. The summed E-state index contributed by atoms with van der Waals surface area (Å²) in [6, 6.07) is 5.59. The second kappa shape index (κ2) is 10.1. The second-order valence-electron chi connectivity index (χ2n) is 6.71. The van der Waals surface area contributed by atoms with E-state index in [0.29, 0.717) is 4.90 Å². The van der Waals surface area contributed by atoms with E-state index < -0.39 is 10.7 Å². The zero-order valence-electron chi connectivity index (χ0n) is 14.4. The van der Waals surface area contributed by atoms with Crippen molar-refractivity contribution in [3.8, 4) is 0 Å². The lowest BCUT2D eigenvalue weighted by atomic mass is 9.99. The summed E-state index contributed by atoms with van der Waals surface area (Å²) in [6.07, 6.45) is 11.9. The van der Waals surface area contributed by atoms with Crippen LogP contribution in [0.2, 0.25) is 0 Å². The van der Waals surface area contributed by atoms with Gasteiger partial charge in [0.1, 0.15) is 0 Å². The van der Waals surface area contributed by atoms with E-state index in [0.717, 1.165) is 19.5 Å². The highest BCUT2D eigenvalue weighted by Gasteiger charge is 2.16. The van der Waals surface area contributed by atoms with Crippen LogP contribution in [0.4, 0.5) is 0 Å². The van der Waals surface area contributed by atoms with Crippen LogP contribution in [0.3, 0.4) is 0 Å². The molecule has 0 spiro atoms. The number of hydrogen-bond acceptors (Lipinski definition) is 3. The zero-order valence-corrected chi connectivity index (χ0v) is 15.3. The molecule has 0 amide bonds. The molecule has 1 aliphatic rings. The lowest BCUT2D eigenvalue weighted by Gasteiger charge is -2.28. The second-order valence-corrected chi connectivity index (χ2v) is 7.74. The number of thiol groups is 1. The molecule has 130 valence electrons. The molecular weight excluding hydrogens is 306 g/mol. The molecule has 0 saturated heterocycles. The molecule has 1 aromatic rings. The maximum Gasteiger partial charge on any atom is 0.168 e. The van der Waals surface area contributed by atoms with Crippen LogP contribution in [0, 0.1) is 0 Å². The maximum absolute atomic E-state index is 11.1. The number of fused-ring (bicyclic) bond motifs is 1. The molecule has 2 rings (SSSR count). The van der Waals surface area contributed by atoms with Gasteiger partial charge in [-0.2, -0.15) is 0 Å². The average Bonchev–Trinajstić information content (AvgIpc) is 2.56. The minimum Gasteiger partial charge on any atom is -0.299 e. The van der Waals surface area contributed by atoms with Gasteiger partial charge in [0.2, 0.25) is 0 Å². The van der Waals surface area contributed by atoms with Gasteiger partial charge in [-0.3, -0.25) is 4.90 Å². The van der Waals surface area contributed by atoms with Crippen LogP contribution in [0.1, 0.15) is 69.4 Å². The van der Waals surface area contributed by atoms with Gasteiger partial charge < -0.3 is 0 Å². The Labute approximate surface area is 143 Å². The molecule has 1 aliphatic heterocycles. The summed E-state index contributed by atoms with van der Waals surface area (Å²) in [6.45, 7) is 5.47. The van der Waals surface area contributed by atoms with Crippen molar-refractivity contribution < 1.29 is 8.42 Å². The average molecular weight is 338 g/mol. The van der Waals surface area contributed by atoms with Crippen LogP contribution in [0.25, 0.3) is 0 Å². The number of hydrogen-bond donors (Lipinski definition) is 1. The zero-order chi connectivity index (χ0) is 16.5. The van der Waals surface area contributed by atoms with Crippen LogP contribution < -0.4 is 0 Å². The SMILES string of the molecule is CCCCCCCCCCN1CCc2cc([SH](=O)=O)ccc2C1. The topological polar surface area (TPSA) is 37.4 Å². The third-order valence-electron chi connectivity index (χ3n) is 4.82. The minimum absolute atomic E-state index is 0.454. The molecule has 0 atom stereocenters. The Morgan fingerprint density at radius 1 is 0.957 bits per heavy atom. The van der Waals surface area contributed by atoms with Crippen LogP contribution in [0.5, 0.6) is 0 Å². The summed E-state index contributed by atoms with van der Waals surface area (Å²) >= 11 is 0. The van der Waals surface area contributed by atoms with Crippen molar-refractivity contribution >= 4 is 10.7 Å². The minimum atomic E-state index is -2.46. The van der Waals surface area contributed by atoms with E-state index in [1.54, 1.807) is 6.07 Å². The standard InChI is InChI=1S/C19H31NO2S/c1-2-3-4-5-6-7-8-9-13-20-14-12-17-15-19(23(21)22)11-10-18(17)16-20/h10-11,15,23H,2-9,12-14,16H2,1H3. The van der Waals surface area contributed by atoms with Crippen molar-refractivity contribution in [2.24, 2.45) is 0 Å². The van der Waals surface area contributed by atoms with E-state index in [1.807, 2.05) is 12.1 Å². The van der Waals surface area contributed by atoms with Crippen molar-refractivity contribution in [3.63, 3.8) is 0 Å². The van der Waals surface area contributed by atoms with E-state index in [9.17, 15) is 8.42 Å². The third kappa shape index (κ3) is 6.27. The normalized spacial score (nSPS) is 15.0. The Morgan fingerprint density at radius 3 is 2.35 bits per heavy atom. The molecule has 0 unspecified atom stereocenters. The van der Waals surface area contributed by atoms with Crippen LogP contribution in [-0.2, 0) is 23.7 Å². The Balaban J connectivity index is 1.65. The molecule has 3 nitrogen and oxygen atoms in total. The molecule has 0 aromatic heterocycles. The van der Waals surface area contributed by atoms with E-state index >= 15 is 0 Å². The highest BCUT2D eigenvalue weighted by Crippen LogP contribution is 2.21. The van der Waals surface area contributed by atoms with Gasteiger partial charge in [-0.1, -0.05) is 57.9 Å². The quantitative estimate of drug-likeness (QED) is 0.515. The lowest BCUT2D eigenvalue weighted by molar-refractivity contribution is 0.247. The Kier molecular flexibility index (Phi) is 8.10. The van der Waals surface area contributed by atoms with Gasteiger partial charge in [-0.25, -0.2) is 8.42 Å². The predicted molar refractivity (Wildman–Crippen MR) is 96.6 cm³/mol. The fourth-order valence-corrected chi connectivity index (χ4v) is 3.83. The third-order valence-corrected chi connectivity index (χ3v) is 5.52. The first-order valence-electron chi connectivity index (χ1n) is 9.19. The van der Waals surface area contributed by atoms with E-state index in [1.165, 1.54) is 69.0 Å². The fourth-order valence-electron chi connectivity index (χ4n) is 3.37. The van der Waals surface area contributed by atoms with Crippen molar-refractivity contribution in [3.05, 3.63) is 29.3 Å². The summed E-state index contributed by atoms with van der Waals surface area (Å²) < 4.78 is 22.1. The van der Waals surface area contributed by atoms with E-state index in [2.05, 4.69) is 11.8 Å². The summed E-state index contributed by atoms with van der Waals surface area (Å²) in [7, 11) is -2.46. The molecule has 1 heterocycles. The molecule has 1 aromatic carbocycles. The summed E-state index contributed by atoms with van der Waals surface area (Å²) in [5, 5.41) is 0. The van der Waals surface area contributed by atoms with E-state index in [-0.39, 0.29) is 0 Å². The highest BCUT2D eigenvalue weighted by molar-refractivity contribution is 7.72. The fraction of sp³-hybridized carbons (Fsp3) is 0.684. The van der Waals surface area contributed by atoms with Gasteiger partial charge in [-0.15, -0.1) is 0 Å². The maximum atomic E-state index is 11.1. The van der Waals surface area contributed by atoms with E-state index in [4.69, 9.17) is 0 Å². The Bertz CT molecular complexity index is 546. The largest absolute Gasteiger partial charge is 0.299 e. The number of unbranched alkanes of at least 4 members (excludes halogenated alkanes) is 7. The Hall–Kier alpha value is -0.870. The molecule has 4 heteroatoms. The molecule has 0 saturated carbocycles. The van der Waals surface area contributed by atoms with Gasteiger partial charge >= 0.3 is 0 Å². The van der Waals surface area contributed by atoms with Crippen molar-refractivity contribution in [2.45, 2.75) is 76.2 Å². The van der Waals surface area contributed by atoms with Gasteiger partial charge in [0, 0.05) is 13.1 Å². The molecular formula is C19H31NO2S. The summed E-state index contributed by atoms with van der Waals surface area (Å²) in [4.78, 5) is 2.96. The lowest BCUT2D eigenvalue weighted by Crippen LogP contribution is -2.31. The van der Waals surface area contributed by atoms with Crippen LogP contribution >= 0.6 is 0 Å². The summed E-state index contributed by atoms with van der Waals surface area (Å²) in [5.74, 6) is 0. The van der Waals surface area contributed by atoms with Gasteiger partial charge in [0.05, 0.1) is 4.90 Å². The molecule has 0 fully saturated rings. The van der Waals surface area contributed by atoms with Gasteiger partial charge in [-0.05, 0) is 42.6 Å². The first-order valence-corrected chi connectivity index (χ1v) is 10.4. The summed E-state index contributed by atoms with van der Waals surface area (Å²) in [5.41, 5.74) is 2.52. The molecule has 0 radical (unpaired) electrons. The molecule has 23 heavy (non-hydrogen) atoms. The van der Waals surface area contributed by atoms with Crippen molar-refractivity contribution in [1.29, 1.82) is 0 Å². The predicted octanol–water partition coefficient (Wildman–Crippen LogP) is 4.16. The number of nitrogens with zero attached hydrogens (tertiary/aromatic N) is 1. The van der Waals surface area contributed by atoms with Crippen molar-refractivity contribution in [2.75, 3.05) is 13.1 Å². The van der Waals surface area contributed by atoms with Gasteiger partial charge in [0.15, 0.2) is 10.7 Å². The first kappa shape index (κ1) is 18.5. The Morgan fingerprint density at radius 2 is 1.65 bits per heavy atom. The first-order chi connectivity index (χ1) is 11.2. The highest BCUT2D eigenvalue weighted by atomic mass is 32.2. The number of benzene rings is 1. The molecule has 0 aliphatic carbocycles. The van der Waals surface area contributed by atoms with Crippen LogP contribution in [-0.4, -0.2) is 26.4 Å².